The molecule has 3 aromatic rings. The summed E-state index contributed by atoms with van der Waals surface area (Å²) in [4.78, 5) is 33.9. The third kappa shape index (κ3) is 5.37. The molecule has 2 N–H and O–H groups in total. The summed E-state index contributed by atoms with van der Waals surface area (Å²) in [6.07, 6.45) is 0.157. The summed E-state index contributed by atoms with van der Waals surface area (Å²) in [5.41, 5.74) is 5.66. The van der Waals surface area contributed by atoms with Crippen LogP contribution < -0.4 is 5.32 Å². The van der Waals surface area contributed by atoms with Gasteiger partial charge in [0.05, 0.1) is 33.9 Å². The van der Waals surface area contributed by atoms with Crippen molar-refractivity contribution in [3.63, 3.8) is 0 Å². The first-order valence-electron chi connectivity index (χ1n) is 12.4. The van der Waals surface area contributed by atoms with E-state index in [4.69, 9.17) is 4.52 Å². The Morgan fingerprint density at radius 2 is 1.97 bits per heavy atom. The number of nitrogens with zero attached hydrogens (tertiary/aromatic N) is 3. The molecule has 192 valence electrons. The normalized spacial score (nSPS) is 19.5. The van der Waals surface area contributed by atoms with Gasteiger partial charge in [-0.05, 0) is 37.3 Å². The summed E-state index contributed by atoms with van der Waals surface area (Å²) in [5, 5.41) is 17.5. The Balaban J connectivity index is 1.47. The molecule has 0 saturated carbocycles. The number of aliphatic hydroxyl groups excluding tert-OH is 1. The molecule has 2 amide bonds. The second kappa shape index (κ2) is 10.9. The van der Waals surface area contributed by atoms with Gasteiger partial charge in [-0.2, -0.15) is 0 Å². The minimum absolute atomic E-state index is 0.0590. The number of hydrogen-bond acceptors (Lipinski definition) is 7. The lowest BCUT2D eigenvalue weighted by Crippen LogP contribution is -2.48. The molecular weight excluding hydrogens is 476 g/mol. The highest BCUT2D eigenvalue weighted by molar-refractivity contribution is 7.13. The highest BCUT2D eigenvalue weighted by atomic mass is 32.1. The fraction of sp³-hybridized carbons (Fsp3) is 0.481. The summed E-state index contributed by atoms with van der Waals surface area (Å²) in [6, 6.07) is 8.86. The first kappa shape index (κ1) is 26.0. The van der Waals surface area contributed by atoms with Crippen molar-refractivity contribution in [2.24, 2.45) is 5.92 Å². The van der Waals surface area contributed by atoms with Gasteiger partial charge in [0.2, 0.25) is 11.8 Å². The lowest BCUT2D eigenvalue weighted by atomic mass is 9.91. The predicted molar refractivity (Wildman–Crippen MR) is 138 cm³/mol. The molecule has 8 nitrogen and oxygen atoms in total. The Morgan fingerprint density at radius 3 is 2.56 bits per heavy atom. The number of benzene rings is 1. The van der Waals surface area contributed by atoms with Gasteiger partial charge in [-0.25, -0.2) is 4.98 Å². The van der Waals surface area contributed by atoms with Crippen molar-refractivity contribution >= 4 is 23.2 Å². The monoisotopic (exact) mass is 510 g/mol. The fourth-order valence-electron chi connectivity index (χ4n) is 4.76. The number of nitrogens with one attached hydrogen (secondary N) is 1. The second-order valence-electron chi connectivity index (χ2n) is 9.81. The second-order valence-corrected chi connectivity index (χ2v) is 10.7. The van der Waals surface area contributed by atoms with Gasteiger partial charge in [0.25, 0.3) is 0 Å². The standard InChI is InChI=1S/C27H34N4O4S/c1-6-20-11-23(35-30-20)24(15(2)3)27(34)31-13-21(32)12-22(31)26(33)29-16(4)18-7-9-19(10-8-18)25-17(5)28-14-36-25/h7-11,14-16,21-22,24,32H,6,12-13H2,1-5H3,(H,29,33)/t16-,21+,22-,24+/m0/s1. The zero-order valence-corrected chi connectivity index (χ0v) is 22.2. The average Bonchev–Trinajstić information content (AvgIpc) is 3.58. The molecule has 0 aliphatic carbocycles. The quantitative estimate of drug-likeness (QED) is 0.469. The van der Waals surface area contributed by atoms with Crippen LogP contribution in [0, 0.1) is 12.8 Å². The minimum atomic E-state index is -0.754. The summed E-state index contributed by atoms with van der Waals surface area (Å²) in [6.45, 7) is 9.88. The van der Waals surface area contributed by atoms with Crippen molar-refractivity contribution < 1.29 is 19.2 Å². The summed E-state index contributed by atoms with van der Waals surface area (Å²) < 4.78 is 5.48. The van der Waals surface area contributed by atoms with Gasteiger partial charge in [-0.1, -0.05) is 50.2 Å². The maximum atomic E-state index is 13.6. The Labute approximate surface area is 215 Å². The molecule has 1 aromatic carbocycles. The van der Waals surface area contributed by atoms with Crippen LogP contribution in [-0.4, -0.2) is 50.7 Å². The van der Waals surface area contributed by atoms with Crippen molar-refractivity contribution in [2.75, 3.05) is 6.54 Å². The van der Waals surface area contributed by atoms with E-state index in [9.17, 15) is 14.7 Å². The van der Waals surface area contributed by atoms with E-state index in [1.165, 1.54) is 4.90 Å². The van der Waals surface area contributed by atoms with E-state index in [0.29, 0.717) is 12.2 Å². The number of rotatable bonds is 8. The van der Waals surface area contributed by atoms with E-state index in [-0.39, 0.29) is 36.7 Å². The summed E-state index contributed by atoms with van der Waals surface area (Å²) >= 11 is 1.60. The Kier molecular flexibility index (Phi) is 7.90. The molecule has 1 aliphatic heterocycles. The van der Waals surface area contributed by atoms with Gasteiger partial charge in [0, 0.05) is 19.0 Å². The van der Waals surface area contributed by atoms with Crippen LogP contribution in [0.2, 0.25) is 0 Å². The molecule has 0 spiro atoms. The zero-order valence-electron chi connectivity index (χ0n) is 21.4. The average molecular weight is 511 g/mol. The molecular formula is C27H34N4O4S. The maximum Gasteiger partial charge on any atom is 0.243 e. The topological polar surface area (TPSA) is 109 Å². The number of likely N-dealkylation sites (tertiary alicyclic amines) is 1. The van der Waals surface area contributed by atoms with E-state index < -0.39 is 18.1 Å². The fourth-order valence-corrected chi connectivity index (χ4v) is 5.57. The van der Waals surface area contributed by atoms with E-state index in [1.807, 2.05) is 70.5 Å². The maximum absolute atomic E-state index is 13.6. The van der Waals surface area contributed by atoms with E-state index in [1.54, 1.807) is 11.3 Å². The van der Waals surface area contributed by atoms with Crippen LogP contribution in [0.15, 0.2) is 40.4 Å². The van der Waals surface area contributed by atoms with Gasteiger partial charge in [0.1, 0.15) is 17.7 Å². The van der Waals surface area contributed by atoms with Gasteiger partial charge >= 0.3 is 0 Å². The van der Waals surface area contributed by atoms with Crippen molar-refractivity contribution in [1.82, 2.24) is 20.4 Å². The molecule has 1 saturated heterocycles. The number of aliphatic hydroxyl groups is 1. The van der Waals surface area contributed by atoms with Crippen LogP contribution in [0.5, 0.6) is 0 Å². The zero-order chi connectivity index (χ0) is 26.0. The Bertz CT molecular complexity index is 1200. The van der Waals surface area contributed by atoms with Crippen molar-refractivity contribution in [3.05, 3.63) is 58.6 Å². The van der Waals surface area contributed by atoms with Crippen LogP contribution in [0.25, 0.3) is 10.4 Å². The van der Waals surface area contributed by atoms with Gasteiger partial charge in [-0.15, -0.1) is 11.3 Å². The van der Waals surface area contributed by atoms with Crippen molar-refractivity contribution in [3.8, 4) is 10.4 Å². The number of carbonyl (C=O) groups is 2. The van der Waals surface area contributed by atoms with E-state index >= 15 is 0 Å². The predicted octanol–water partition coefficient (Wildman–Crippen LogP) is 4.25. The molecule has 36 heavy (non-hydrogen) atoms. The van der Waals surface area contributed by atoms with Crippen molar-refractivity contribution in [2.45, 2.75) is 71.6 Å². The number of amides is 2. The SMILES string of the molecule is CCc1cc([C@H](C(=O)N2C[C@H](O)C[C@H]2C(=O)N[C@@H](C)c2ccc(-c3scnc3C)cc2)C(C)C)on1. The van der Waals surface area contributed by atoms with Crippen molar-refractivity contribution in [1.29, 1.82) is 0 Å². The van der Waals surface area contributed by atoms with Crippen LogP contribution in [0.4, 0.5) is 0 Å². The Hall–Kier alpha value is -3.04. The number of aromatic nitrogens is 2. The number of carbonyl (C=O) groups excluding carboxylic acids is 2. The first-order chi connectivity index (χ1) is 17.2. The van der Waals surface area contributed by atoms with Crippen LogP contribution in [0.1, 0.15) is 68.8 Å². The third-order valence-corrected chi connectivity index (χ3v) is 7.80. The molecule has 9 heteroatoms. The largest absolute Gasteiger partial charge is 0.391 e. The molecule has 0 unspecified atom stereocenters. The highest BCUT2D eigenvalue weighted by Gasteiger charge is 2.43. The molecule has 3 heterocycles. The minimum Gasteiger partial charge on any atom is -0.391 e. The lowest BCUT2D eigenvalue weighted by Gasteiger charge is -2.29. The Morgan fingerprint density at radius 1 is 1.25 bits per heavy atom. The molecule has 1 fully saturated rings. The van der Waals surface area contributed by atoms with E-state index in [0.717, 1.165) is 27.4 Å². The molecule has 4 atom stereocenters. The number of β-amino-alcohol motifs (C(OH)–C–C–N with tert-alkyl or cyclic N) is 1. The molecule has 4 rings (SSSR count). The lowest BCUT2D eigenvalue weighted by molar-refractivity contribution is -0.141. The number of hydrogen-bond donors (Lipinski definition) is 2. The highest BCUT2D eigenvalue weighted by Crippen LogP contribution is 2.32. The molecule has 0 bridgehead atoms. The number of aryl methyl sites for hydroxylation is 2. The van der Waals surface area contributed by atoms with Gasteiger partial charge in [-0.3, -0.25) is 9.59 Å². The number of thiazole rings is 1. The van der Waals surface area contributed by atoms with Crippen LogP contribution in [-0.2, 0) is 16.0 Å². The van der Waals surface area contributed by atoms with Crippen LogP contribution in [0.3, 0.4) is 0 Å². The van der Waals surface area contributed by atoms with Gasteiger partial charge in [0.15, 0.2) is 0 Å². The molecule has 1 aliphatic rings. The van der Waals surface area contributed by atoms with E-state index in [2.05, 4.69) is 15.5 Å². The third-order valence-electron chi connectivity index (χ3n) is 6.82. The van der Waals surface area contributed by atoms with Crippen LogP contribution >= 0.6 is 11.3 Å². The smallest absolute Gasteiger partial charge is 0.243 e. The molecule has 0 radical (unpaired) electrons. The summed E-state index contributed by atoms with van der Waals surface area (Å²) in [5.74, 6) is -0.631. The molecule has 2 aromatic heterocycles. The summed E-state index contributed by atoms with van der Waals surface area (Å²) in [7, 11) is 0. The van der Waals surface area contributed by atoms with Gasteiger partial charge < -0.3 is 19.8 Å². The first-order valence-corrected chi connectivity index (χ1v) is 13.3.